The average Bonchev–Trinajstić information content (AvgIpc) is 3.12. The summed E-state index contributed by atoms with van der Waals surface area (Å²) in [4.78, 5) is 0. The van der Waals surface area contributed by atoms with Crippen LogP contribution in [0.15, 0.2) is 42.5 Å². The van der Waals surface area contributed by atoms with E-state index < -0.39 is 0 Å². The summed E-state index contributed by atoms with van der Waals surface area (Å²) in [6, 6.07) is 12.4. The first-order valence-corrected chi connectivity index (χ1v) is 7.89. The highest BCUT2D eigenvalue weighted by Crippen LogP contribution is 2.35. The molecule has 2 heterocycles. The molecule has 0 spiro atoms. The fourth-order valence-corrected chi connectivity index (χ4v) is 3.12. The maximum absolute atomic E-state index is 13.6. The Morgan fingerprint density at radius 3 is 2.87 bits per heavy atom. The van der Waals surface area contributed by atoms with Gasteiger partial charge in [0, 0.05) is 22.7 Å². The second-order valence-electron chi connectivity index (χ2n) is 5.71. The number of nitrogens with zero attached hydrogens (tertiary/aromatic N) is 2. The number of aromatic nitrogens is 2. The third kappa shape index (κ3) is 2.39. The number of nitrogens with one attached hydrogen (secondary N) is 1. The average molecular weight is 328 g/mol. The van der Waals surface area contributed by atoms with E-state index in [-0.39, 0.29) is 5.82 Å². The molecular formula is C18H15ClFN3. The largest absolute Gasteiger partial charge is 0.369 e. The molecule has 1 aliphatic rings. The van der Waals surface area contributed by atoms with Gasteiger partial charge >= 0.3 is 0 Å². The topological polar surface area (TPSA) is 29.9 Å². The maximum Gasteiger partial charge on any atom is 0.133 e. The van der Waals surface area contributed by atoms with Crippen molar-refractivity contribution in [3.05, 3.63) is 64.4 Å². The predicted octanol–water partition coefficient (Wildman–Crippen LogP) is 4.61. The first-order valence-electron chi connectivity index (χ1n) is 7.52. The molecule has 0 radical (unpaired) electrons. The second-order valence-corrected chi connectivity index (χ2v) is 6.12. The molecule has 0 aliphatic carbocycles. The molecule has 0 fully saturated rings. The standard InChI is InChI=1S/C18H15ClFN3/c1-11-5-6-14(10-16(11)19)23-18-15(7-8-21-18)17(22-23)12-3-2-4-13(20)9-12/h2-6,9-10,21H,7-8H2,1H3. The SMILES string of the molecule is Cc1ccc(-n2nc(-c3cccc(F)c3)c3c2NCC3)cc1Cl. The van der Waals surface area contributed by atoms with Crippen molar-refractivity contribution in [3.8, 4) is 16.9 Å². The lowest BCUT2D eigenvalue weighted by molar-refractivity contribution is 0.628. The van der Waals surface area contributed by atoms with Gasteiger partial charge in [-0.3, -0.25) is 0 Å². The lowest BCUT2D eigenvalue weighted by atomic mass is 10.1. The fraction of sp³-hybridized carbons (Fsp3) is 0.167. The van der Waals surface area contributed by atoms with Crippen LogP contribution in [0.3, 0.4) is 0 Å². The zero-order valence-corrected chi connectivity index (χ0v) is 13.4. The van der Waals surface area contributed by atoms with Crippen LogP contribution in [0.25, 0.3) is 16.9 Å². The van der Waals surface area contributed by atoms with Gasteiger partial charge in [0.05, 0.1) is 11.4 Å². The highest BCUT2D eigenvalue weighted by atomic mass is 35.5. The lowest BCUT2D eigenvalue weighted by Crippen LogP contribution is -2.04. The molecule has 23 heavy (non-hydrogen) atoms. The van der Waals surface area contributed by atoms with E-state index in [4.69, 9.17) is 16.7 Å². The molecule has 2 aromatic carbocycles. The van der Waals surface area contributed by atoms with Gasteiger partial charge in [0.15, 0.2) is 0 Å². The Hall–Kier alpha value is -2.33. The summed E-state index contributed by atoms with van der Waals surface area (Å²) in [7, 11) is 0. The first kappa shape index (κ1) is 14.3. The number of hydrogen-bond donors (Lipinski definition) is 1. The fourth-order valence-electron chi connectivity index (χ4n) is 2.94. The van der Waals surface area contributed by atoms with Crippen molar-refractivity contribution in [1.82, 2.24) is 9.78 Å². The second kappa shape index (κ2) is 5.39. The van der Waals surface area contributed by atoms with E-state index in [1.165, 1.54) is 12.1 Å². The van der Waals surface area contributed by atoms with Crippen molar-refractivity contribution in [1.29, 1.82) is 0 Å². The summed E-state index contributed by atoms with van der Waals surface area (Å²) in [6.45, 7) is 2.82. The van der Waals surface area contributed by atoms with Gasteiger partial charge in [-0.1, -0.05) is 29.8 Å². The normalized spacial score (nSPS) is 13.0. The number of benzene rings is 2. The minimum absolute atomic E-state index is 0.255. The molecule has 3 aromatic rings. The quantitative estimate of drug-likeness (QED) is 0.745. The van der Waals surface area contributed by atoms with Crippen molar-refractivity contribution < 1.29 is 4.39 Å². The van der Waals surface area contributed by atoms with Crippen molar-refractivity contribution in [2.45, 2.75) is 13.3 Å². The molecule has 0 amide bonds. The van der Waals surface area contributed by atoms with Gasteiger partial charge in [-0.05, 0) is 43.2 Å². The number of anilines is 1. The molecule has 4 rings (SSSR count). The Morgan fingerprint density at radius 1 is 1.22 bits per heavy atom. The van der Waals surface area contributed by atoms with Gasteiger partial charge in [-0.15, -0.1) is 0 Å². The van der Waals surface area contributed by atoms with Crippen LogP contribution in [-0.4, -0.2) is 16.3 Å². The highest BCUT2D eigenvalue weighted by molar-refractivity contribution is 6.31. The van der Waals surface area contributed by atoms with Crippen LogP contribution < -0.4 is 5.32 Å². The molecule has 3 nitrogen and oxygen atoms in total. The summed E-state index contributed by atoms with van der Waals surface area (Å²) in [5.41, 5.74) is 4.65. The van der Waals surface area contributed by atoms with E-state index in [1.807, 2.05) is 35.9 Å². The number of fused-ring (bicyclic) bond motifs is 1. The number of rotatable bonds is 2. The van der Waals surface area contributed by atoms with Crippen LogP contribution in [0, 0.1) is 12.7 Å². The molecular weight excluding hydrogens is 313 g/mol. The van der Waals surface area contributed by atoms with Gasteiger partial charge in [-0.25, -0.2) is 9.07 Å². The minimum Gasteiger partial charge on any atom is -0.369 e. The predicted molar refractivity (Wildman–Crippen MR) is 90.9 cm³/mol. The van der Waals surface area contributed by atoms with Crippen LogP contribution in [-0.2, 0) is 6.42 Å². The van der Waals surface area contributed by atoms with Crippen LogP contribution in [0.5, 0.6) is 0 Å². The molecule has 1 aliphatic heterocycles. The van der Waals surface area contributed by atoms with E-state index in [9.17, 15) is 4.39 Å². The Morgan fingerprint density at radius 2 is 2.09 bits per heavy atom. The van der Waals surface area contributed by atoms with E-state index in [0.717, 1.165) is 46.9 Å². The molecule has 5 heteroatoms. The van der Waals surface area contributed by atoms with Crippen molar-refractivity contribution in [3.63, 3.8) is 0 Å². The van der Waals surface area contributed by atoms with E-state index in [1.54, 1.807) is 6.07 Å². The van der Waals surface area contributed by atoms with Gasteiger partial charge in [0.25, 0.3) is 0 Å². The van der Waals surface area contributed by atoms with E-state index in [0.29, 0.717) is 5.02 Å². The maximum atomic E-state index is 13.6. The Labute approximate surface area is 138 Å². The Balaban J connectivity index is 1.89. The number of halogens is 2. The summed E-state index contributed by atoms with van der Waals surface area (Å²) in [5, 5.41) is 8.79. The Bertz CT molecular complexity index is 901. The lowest BCUT2D eigenvalue weighted by Gasteiger charge is -2.08. The third-order valence-electron chi connectivity index (χ3n) is 4.15. The Kier molecular flexibility index (Phi) is 3.34. The highest BCUT2D eigenvalue weighted by Gasteiger charge is 2.24. The van der Waals surface area contributed by atoms with Gasteiger partial charge in [-0.2, -0.15) is 5.10 Å². The molecule has 0 atom stereocenters. The van der Waals surface area contributed by atoms with Gasteiger partial charge < -0.3 is 5.32 Å². The van der Waals surface area contributed by atoms with Crippen LogP contribution in [0.2, 0.25) is 5.02 Å². The molecule has 1 N–H and O–H groups in total. The van der Waals surface area contributed by atoms with Crippen molar-refractivity contribution in [2.75, 3.05) is 11.9 Å². The molecule has 1 aromatic heterocycles. The van der Waals surface area contributed by atoms with Gasteiger partial charge in [0.1, 0.15) is 11.6 Å². The van der Waals surface area contributed by atoms with Crippen LogP contribution in [0.1, 0.15) is 11.1 Å². The molecule has 0 saturated heterocycles. The summed E-state index contributed by atoms with van der Waals surface area (Å²) < 4.78 is 15.4. The molecule has 116 valence electrons. The van der Waals surface area contributed by atoms with Crippen molar-refractivity contribution in [2.24, 2.45) is 0 Å². The smallest absolute Gasteiger partial charge is 0.133 e. The summed E-state index contributed by atoms with van der Waals surface area (Å²) in [6.07, 6.45) is 0.876. The molecule has 0 unspecified atom stereocenters. The van der Waals surface area contributed by atoms with Crippen molar-refractivity contribution >= 4 is 17.4 Å². The summed E-state index contributed by atoms with van der Waals surface area (Å²) >= 11 is 6.25. The number of hydrogen-bond acceptors (Lipinski definition) is 2. The third-order valence-corrected chi connectivity index (χ3v) is 4.56. The zero-order valence-electron chi connectivity index (χ0n) is 12.6. The number of aryl methyl sites for hydroxylation is 1. The minimum atomic E-state index is -0.255. The summed E-state index contributed by atoms with van der Waals surface area (Å²) in [5.74, 6) is 0.708. The van der Waals surface area contributed by atoms with Crippen LogP contribution in [0.4, 0.5) is 10.2 Å². The zero-order chi connectivity index (χ0) is 16.0. The van der Waals surface area contributed by atoms with Gasteiger partial charge in [0.2, 0.25) is 0 Å². The van der Waals surface area contributed by atoms with E-state index >= 15 is 0 Å². The van der Waals surface area contributed by atoms with Crippen LogP contribution >= 0.6 is 11.6 Å². The molecule has 0 bridgehead atoms. The molecule has 0 saturated carbocycles. The first-order chi connectivity index (χ1) is 11.1. The monoisotopic (exact) mass is 327 g/mol. The van der Waals surface area contributed by atoms with E-state index in [2.05, 4.69) is 5.32 Å².